The van der Waals surface area contributed by atoms with Crippen LogP contribution in [0.25, 0.3) is 11.1 Å². The van der Waals surface area contributed by atoms with Crippen LogP contribution in [0.4, 0.5) is 13.2 Å². The summed E-state index contributed by atoms with van der Waals surface area (Å²) in [6.07, 6.45) is -4.25. The van der Waals surface area contributed by atoms with Crippen molar-refractivity contribution in [3.8, 4) is 11.1 Å². The third-order valence-electron chi connectivity index (χ3n) is 4.67. The predicted molar refractivity (Wildman–Crippen MR) is 93.7 cm³/mol. The zero-order chi connectivity index (χ0) is 20.7. The number of sulfonamides is 1. The van der Waals surface area contributed by atoms with Gasteiger partial charge in [-0.05, 0) is 41.8 Å². The molecule has 0 aliphatic carbocycles. The maximum atomic E-state index is 12.7. The molecule has 0 spiro atoms. The molecule has 0 saturated carbocycles. The lowest BCUT2D eigenvalue weighted by molar-refractivity contribution is -0.159. The third-order valence-corrected chi connectivity index (χ3v) is 6.55. The van der Waals surface area contributed by atoms with Gasteiger partial charge in [0.2, 0.25) is 10.0 Å². The first-order valence-electron chi connectivity index (χ1n) is 8.28. The van der Waals surface area contributed by atoms with E-state index in [1.807, 2.05) is 0 Å². The Bertz CT molecular complexity index is 973. The van der Waals surface area contributed by atoms with Crippen molar-refractivity contribution in [2.45, 2.75) is 23.5 Å². The number of nitrogens with zero attached hydrogens (tertiary/aromatic N) is 2. The Balaban J connectivity index is 1.83. The fourth-order valence-electron chi connectivity index (χ4n) is 2.99. The molecule has 1 aliphatic rings. The monoisotopic (exact) mass is 414 g/mol. The summed E-state index contributed by atoms with van der Waals surface area (Å²) in [5, 5.41) is 9.87. The van der Waals surface area contributed by atoms with E-state index in [-0.39, 0.29) is 17.9 Å². The first-order chi connectivity index (χ1) is 13.0. The quantitative estimate of drug-likeness (QED) is 0.781. The van der Waals surface area contributed by atoms with Crippen molar-refractivity contribution in [3.63, 3.8) is 0 Å². The van der Waals surface area contributed by atoms with Gasteiger partial charge in [-0.3, -0.25) is 10.0 Å². The molecule has 1 unspecified atom stereocenters. The molecule has 1 aliphatic heterocycles. The lowest BCUT2D eigenvalue weighted by Gasteiger charge is -2.22. The van der Waals surface area contributed by atoms with Gasteiger partial charge >= 0.3 is 6.18 Å². The topological polar surface area (TPSA) is 77.9 Å². The van der Waals surface area contributed by atoms with Crippen molar-refractivity contribution in [2.75, 3.05) is 13.6 Å². The number of alkyl halides is 3. The fraction of sp³-hybridized carbons (Fsp3) is 0.278. The molecule has 28 heavy (non-hydrogen) atoms. The van der Waals surface area contributed by atoms with Crippen molar-refractivity contribution in [1.82, 2.24) is 9.37 Å². The van der Waals surface area contributed by atoms with Crippen LogP contribution in [0.15, 0.2) is 53.4 Å². The molecule has 1 fully saturated rings. The second kappa shape index (κ2) is 7.19. The fourth-order valence-corrected chi connectivity index (χ4v) is 4.34. The molecular weight excluding hydrogens is 397 g/mol. The van der Waals surface area contributed by atoms with Gasteiger partial charge in [0.25, 0.3) is 5.91 Å². The van der Waals surface area contributed by atoms with Gasteiger partial charge in [-0.1, -0.05) is 24.3 Å². The van der Waals surface area contributed by atoms with Gasteiger partial charge in [-0.15, -0.1) is 0 Å². The average Bonchev–Trinajstić information content (AvgIpc) is 2.99. The van der Waals surface area contributed by atoms with E-state index in [4.69, 9.17) is 0 Å². The Kier molecular flexibility index (Phi) is 5.22. The second-order valence-corrected chi connectivity index (χ2v) is 8.38. The number of rotatable bonds is 4. The number of carbonyl (C=O) groups excluding carboxylic acids is 1. The molecule has 0 radical (unpaired) electrons. The molecule has 150 valence electrons. The molecule has 1 amide bonds. The van der Waals surface area contributed by atoms with Crippen LogP contribution < -0.4 is 0 Å². The molecule has 1 atom stereocenters. The highest BCUT2D eigenvalue weighted by atomic mass is 32.2. The first-order valence-corrected chi connectivity index (χ1v) is 9.72. The molecule has 1 saturated heterocycles. The number of carbonyl (C=O) groups is 1. The standard InChI is InChI=1S/C18H17F3N2O4S/c1-22(16-10-11-23(25)17(16)24)28(26,27)15-8-4-13(5-9-15)12-2-6-14(7-3-12)18(19,20)21/h2-9,16,25H,10-11H2,1H3. The van der Waals surface area contributed by atoms with E-state index in [0.717, 1.165) is 16.4 Å². The Labute approximate surface area is 159 Å². The van der Waals surface area contributed by atoms with Crippen molar-refractivity contribution in [1.29, 1.82) is 0 Å². The number of hydroxylamine groups is 2. The highest BCUT2D eigenvalue weighted by Gasteiger charge is 2.39. The van der Waals surface area contributed by atoms with Crippen LogP contribution in [0.2, 0.25) is 0 Å². The first kappa shape index (κ1) is 20.3. The molecule has 6 nitrogen and oxygen atoms in total. The van der Waals surface area contributed by atoms with Gasteiger partial charge in [0.1, 0.15) is 6.04 Å². The van der Waals surface area contributed by atoms with Crippen LogP contribution in [-0.2, 0) is 21.0 Å². The normalized spacial score (nSPS) is 18.1. The Morgan fingerprint density at radius 2 is 1.54 bits per heavy atom. The van der Waals surface area contributed by atoms with Crippen LogP contribution in [0.3, 0.4) is 0 Å². The molecule has 2 aromatic carbocycles. The zero-order valence-electron chi connectivity index (χ0n) is 14.7. The minimum absolute atomic E-state index is 0.0518. The molecule has 0 aromatic heterocycles. The molecule has 1 N–H and O–H groups in total. The SMILES string of the molecule is CN(C1CCN(O)C1=O)S(=O)(=O)c1ccc(-c2ccc(C(F)(F)F)cc2)cc1. The van der Waals surface area contributed by atoms with Gasteiger partial charge in [-0.25, -0.2) is 13.5 Å². The van der Waals surface area contributed by atoms with E-state index in [1.54, 1.807) is 0 Å². The van der Waals surface area contributed by atoms with Gasteiger partial charge in [-0.2, -0.15) is 17.5 Å². The zero-order valence-corrected chi connectivity index (χ0v) is 15.5. The number of hydrogen-bond donors (Lipinski definition) is 1. The number of hydrogen-bond acceptors (Lipinski definition) is 4. The summed E-state index contributed by atoms with van der Waals surface area (Å²) in [6, 6.07) is 9.18. The Morgan fingerprint density at radius 3 is 1.96 bits per heavy atom. The van der Waals surface area contributed by atoms with E-state index >= 15 is 0 Å². The van der Waals surface area contributed by atoms with Crippen LogP contribution >= 0.6 is 0 Å². The average molecular weight is 414 g/mol. The van der Waals surface area contributed by atoms with E-state index in [1.165, 1.54) is 43.4 Å². The van der Waals surface area contributed by atoms with Crippen LogP contribution in [0, 0.1) is 0 Å². The summed E-state index contributed by atoms with van der Waals surface area (Å²) in [4.78, 5) is 11.8. The molecule has 3 rings (SSSR count). The van der Waals surface area contributed by atoms with Gasteiger partial charge in [0.05, 0.1) is 17.0 Å². The summed E-state index contributed by atoms with van der Waals surface area (Å²) < 4.78 is 64.3. The van der Waals surface area contributed by atoms with E-state index in [0.29, 0.717) is 16.2 Å². The van der Waals surface area contributed by atoms with Crippen molar-refractivity contribution < 1.29 is 31.6 Å². The number of halogens is 3. The Hall–Kier alpha value is -2.43. The van der Waals surface area contributed by atoms with Crippen molar-refractivity contribution in [2.24, 2.45) is 0 Å². The largest absolute Gasteiger partial charge is 0.416 e. The molecule has 0 bridgehead atoms. The van der Waals surface area contributed by atoms with E-state index < -0.39 is 33.7 Å². The minimum atomic E-state index is -4.43. The lowest BCUT2D eigenvalue weighted by atomic mass is 10.0. The number of benzene rings is 2. The predicted octanol–water partition coefficient (Wildman–Crippen LogP) is 2.98. The van der Waals surface area contributed by atoms with Crippen LogP contribution in [0.5, 0.6) is 0 Å². The van der Waals surface area contributed by atoms with Gasteiger partial charge in [0.15, 0.2) is 0 Å². The molecule has 1 heterocycles. The number of amides is 1. The maximum absolute atomic E-state index is 12.7. The minimum Gasteiger partial charge on any atom is -0.286 e. The third kappa shape index (κ3) is 3.75. The summed E-state index contributed by atoms with van der Waals surface area (Å²) >= 11 is 0. The summed E-state index contributed by atoms with van der Waals surface area (Å²) in [5.41, 5.74) is 0.289. The van der Waals surface area contributed by atoms with Gasteiger partial charge < -0.3 is 0 Å². The van der Waals surface area contributed by atoms with E-state index in [9.17, 15) is 31.6 Å². The lowest BCUT2D eigenvalue weighted by Crippen LogP contribution is -2.42. The van der Waals surface area contributed by atoms with E-state index in [2.05, 4.69) is 0 Å². The maximum Gasteiger partial charge on any atom is 0.416 e. The molecule has 2 aromatic rings. The number of likely N-dealkylation sites (N-methyl/N-ethyl adjacent to an activating group) is 1. The summed E-state index contributed by atoms with van der Waals surface area (Å²) in [5.74, 6) is -0.688. The highest BCUT2D eigenvalue weighted by Crippen LogP contribution is 2.31. The van der Waals surface area contributed by atoms with Crippen molar-refractivity contribution >= 4 is 15.9 Å². The molecular formula is C18H17F3N2O4S. The van der Waals surface area contributed by atoms with Crippen LogP contribution in [0.1, 0.15) is 12.0 Å². The van der Waals surface area contributed by atoms with Crippen molar-refractivity contribution in [3.05, 3.63) is 54.1 Å². The summed E-state index contributed by atoms with van der Waals surface area (Å²) in [6.45, 7) is 0.0518. The summed E-state index contributed by atoms with van der Waals surface area (Å²) in [7, 11) is -2.71. The highest BCUT2D eigenvalue weighted by molar-refractivity contribution is 7.89. The smallest absolute Gasteiger partial charge is 0.286 e. The second-order valence-electron chi connectivity index (χ2n) is 6.39. The van der Waals surface area contributed by atoms with Crippen LogP contribution in [-0.4, -0.2) is 48.5 Å². The van der Waals surface area contributed by atoms with Gasteiger partial charge in [0, 0.05) is 7.05 Å². The Morgan fingerprint density at radius 1 is 1.04 bits per heavy atom. The molecule has 10 heteroatoms.